The molecule has 0 spiro atoms. The van der Waals surface area contributed by atoms with Gasteiger partial charge in [0, 0.05) is 27.7 Å². The molecule has 0 aliphatic heterocycles. The van der Waals surface area contributed by atoms with Crippen molar-refractivity contribution < 1.29 is 8.42 Å². The molecule has 0 saturated carbocycles. The Labute approximate surface area is 104 Å². The molecule has 0 bridgehead atoms. The number of aromatic nitrogens is 1. The second kappa shape index (κ2) is 4.21. The number of sulfonamides is 1. The first-order valence-electron chi connectivity index (χ1n) is 4.94. The molecule has 2 aromatic heterocycles. The van der Waals surface area contributed by atoms with Crippen LogP contribution in [0.2, 0.25) is 0 Å². The Morgan fingerprint density at radius 1 is 1.18 bits per heavy atom. The lowest BCUT2D eigenvalue weighted by Crippen LogP contribution is -2.13. The van der Waals surface area contributed by atoms with Crippen LogP contribution in [0, 0.1) is 13.8 Å². The molecule has 4 nitrogen and oxygen atoms in total. The summed E-state index contributed by atoms with van der Waals surface area (Å²) in [5.74, 6) is 0. The second-order valence-electron chi connectivity index (χ2n) is 3.70. The van der Waals surface area contributed by atoms with Crippen LogP contribution in [0.25, 0.3) is 11.1 Å². The Hall–Kier alpha value is -1.24. The van der Waals surface area contributed by atoms with E-state index in [1.807, 2.05) is 6.92 Å². The summed E-state index contributed by atoms with van der Waals surface area (Å²) in [6, 6.07) is 3.56. The highest BCUT2D eigenvalue weighted by Crippen LogP contribution is 2.37. The summed E-state index contributed by atoms with van der Waals surface area (Å²) in [6.45, 7) is 3.66. The minimum Gasteiger partial charge on any atom is -0.265 e. The van der Waals surface area contributed by atoms with E-state index in [1.54, 1.807) is 31.5 Å². The van der Waals surface area contributed by atoms with Crippen LogP contribution in [0.4, 0.5) is 0 Å². The zero-order valence-electron chi connectivity index (χ0n) is 9.47. The van der Waals surface area contributed by atoms with Gasteiger partial charge < -0.3 is 0 Å². The van der Waals surface area contributed by atoms with Gasteiger partial charge >= 0.3 is 0 Å². The Morgan fingerprint density at radius 2 is 1.76 bits per heavy atom. The molecule has 0 aromatic carbocycles. The summed E-state index contributed by atoms with van der Waals surface area (Å²) in [5.41, 5.74) is 1.52. The molecule has 0 atom stereocenters. The normalized spacial score (nSPS) is 11.7. The van der Waals surface area contributed by atoms with E-state index in [0.717, 1.165) is 15.3 Å². The van der Waals surface area contributed by atoms with Gasteiger partial charge in [0.2, 0.25) is 10.0 Å². The summed E-state index contributed by atoms with van der Waals surface area (Å²) < 4.78 is 23.3. The van der Waals surface area contributed by atoms with Crippen LogP contribution >= 0.6 is 11.3 Å². The molecule has 2 N–H and O–H groups in total. The Kier molecular flexibility index (Phi) is 3.03. The van der Waals surface area contributed by atoms with Crippen LogP contribution in [0.3, 0.4) is 0 Å². The highest BCUT2D eigenvalue weighted by Gasteiger charge is 2.22. The van der Waals surface area contributed by atoms with Gasteiger partial charge in [-0.15, -0.1) is 11.3 Å². The monoisotopic (exact) mass is 268 g/mol. The van der Waals surface area contributed by atoms with Gasteiger partial charge in [-0.2, -0.15) is 0 Å². The minimum atomic E-state index is -3.70. The van der Waals surface area contributed by atoms with Crippen molar-refractivity contribution in [3.05, 3.63) is 34.3 Å². The number of aryl methyl sites for hydroxylation is 2. The predicted molar refractivity (Wildman–Crippen MR) is 68.4 cm³/mol. The van der Waals surface area contributed by atoms with Crippen LogP contribution in [0.5, 0.6) is 0 Å². The highest BCUT2D eigenvalue weighted by atomic mass is 32.2. The first kappa shape index (κ1) is 12.2. The van der Waals surface area contributed by atoms with Gasteiger partial charge in [-0.25, -0.2) is 13.6 Å². The maximum absolute atomic E-state index is 11.6. The van der Waals surface area contributed by atoms with Crippen molar-refractivity contribution in [2.24, 2.45) is 5.14 Å². The van der Waals surface area contributed by atoms with Crippen molar-refractivity contribution in [3.8, 4) is 11.1 Å². The number of thiophene rings is 1. The maximum Gasteiger partial charge on any atom is 0.239 e. The van der Waals surface area contributed by atoms with Crippen molar-refractivity contribution in [3.63, 3.8) is 0 Å². The molecule has 0 aliphatic carbocycles. The molecule has 6 heteroatoms. The van der Waals surface area contributed by atoms with Crippen LogP contribution in [0.1, 0.15) is 9.75 Å². The molecular weight excluding hydrogens is 256 g/mol. The molecule has 17 heavy (non-hydrogen) atoms. The average molecular weight is 268 g/mol. The number of rotatable bonds is 2. The molecular formula is C11H12N2O2S2. The van der Waals surface area contributed by atoms with E-state index in [9.17, 15) is 8.42 Å². The lowest BCUT2D eigenvalue weighted by atomic mass is 10.1. The first-order valence-corrected chi connectivity index (χ1v) is 7.30. The lowest BCUT2D eigenvalue weighted by Gasteiger charge is -2.04. The molecule has 0 fully saturated rings. The summed E-state index contributed by atoms with van der Waals surface area (Å²) in [5, 5.41) is 5.27. The highest BCUT2D eigenvalue weighted by molar-refractivity contribution is 7.89. The van der Waals surface area contributed by atoms with Crippen molar-refractivity contribution in [1.82, 2.24) is 4.98 Å². The topological polar surface area (TPSA) is 73.1 Å². The summed E-state index contributed by atoms with van der Waals surface area (Å²) in [6.07, 6.45) is 3.27. The molecule has 2 rings (SSSR count). The van der Waals surface area contributed by atoms with Crippen molar-refractivity contribution in [1.29, 1.82) is 0 Å². The molecule has 0 amide bonds. The Bertz CT molecular complexity index is 646. The van der Waals surface area contributed by atoms with Gasteiger partial charge in [-0.1, -0.05) is 0 Å². The van der Waals surface area contributed by atoms with E-state index in [2.05, 4.69) is 4.98 Å². The molecule has 0 saturated heterocycles. The third kappa shape index (κ3) is 2.24. The molecule has 0 aliphatic rings. The average Bonchev–Trinajstić information content (AvgIpc) is 2.54. The van der Waals surface area contributed by atoms with Gasteiger partial charge in [0.1, 0.15) is 4.90 Å². The lowest BCUT2D eigenvalue weighted by molar-refractivity contribution is 0.598. The van der Waals surface area contributed by atoms with E-state index < -0.39 is 10.0 Å². The van der Waals surface area contributed by atoms with Crippen molar-refractivity contribution in [2.45, 2.75) is 18.7 Å². The zero-order valence-corrected chi connectivity index (χ0v) is 11.1. The third-order valence-electron chi connectivity index (χ3n) is 2.46. The molecule has 0 radical (unpaired) electrons. The zero-order chi connectivity index (χ0) is 12.6. The largest absolute Gasteiger partial charge is 0.265 e. The van der Waals surface area contributed by atoms with E-state index in [0.29, 0.717) is 5.56 Å². The number of nitrogens with zero attached hydrogens (tertiary/aromatic N) is 1. The maximum atomic E-state index is 11.6. The van der Waals surface area contributed by atoms with Gasteiger partial charge in [-0.05, 0) is 31.5 Å². The van der Waals surface area contributed by atoms with E-state index in [1.165, 1.54) is 11.3 Å². The molecule has 0 unspecified atom stereocenters. The Balaban J connectivity index is 2.79. The van der Waals surface area contributed by atoms with E-state index in [4.69, 9.17) is 5.14 Å². The van der Waals surface area contributed by atoms with Crippen molar-refractivity contribution in [2.75, 3.05) is 0 Å². The number of hydrogen-bond donors (Lipinski definition) is 1. The number of nitrogens with two attached hydrogens (primary N) is 1. The summed E-state index contributed by atoms with van der Waals surface area (Å²) >= 11 is 1.44. The second-order valence-corrected chi connectivity index (χ2v) is 6.63. The molecule has 2 heterocycles. The number of pyridine rings is 1. The fourth-order valence-corrected chi connectivity index (χ4v) is 4.33. The SMILES string of the molecule is Cc1sc(C)c(S(N)(=O)=O)c1-c1ccncc1. The summed E-state index contributed by atoms with van der Waals surface area (Å²) in [4.78, 5) is 5.81. The summed E-state index contributed by atoms with van der Waals surface area (Å²) in [7, 11) is -3.70. The van der Waals surface area contributed by atoms with Crippen LogP contribution in [-0.2, 0) is 10.0 Å². The smallest absolute Gasteiger partial charge is 0.239 e. The van der Waals surface area contributed by atoms with Gasteiger partial charge in [0.05, 0.1) is 0 Å². The van der Waals surface area contributed by atoms with E-state index >= 15 is 0 Å². The predicted octanol–water partition coefficient (Wildman–Crippen LogP) is 2.07. The molecule has 90 valence electrons. The standard InChI is InChI=1S/C11H12N2O2S2/c1-7-10(9-3-5-13-6-4-9)11(8(2)16-7)17(12,14)15/h3-6H,1-2H3,(H2,12,14,15). The third-order valence-corrected chi connectivity index (χ3v) is 4.69. The fourth-order valence-electron chi connectivity index (χ4n) is 1.86. The van der Waals surface area contributed by atoms with E-state index in [-0.39, 0.29) is 4.90 Å². The number of hydrogen-bond acceptors (Lipinski definition) is 4. The van der Waals surface area contributed by atoms with Crippen LogP contribution < -0.4 is 5.14 Å². The quantitative estimate of drug-likeness (QED) is 0.906. The minimum absolute atomic E-state index is 0.228. The first-order chi connectivity index (χ1) is 7.91. The van der Waals surface area contributed by atoms with Gasteiger partial charge in [0.25, 0.3) is 0 Å². The van der Waals surface area contributed by atoms with Crippen LogP contribution in [-0.4, -0.2) is 13.4 Å². The number of primary sulfonamides is 1. The van der Waals surface area contributed by atoms with Gasteiger partial charge in [-0.3, -0.25) is 4.98 Å². The Morgan fingerprint density at radius 3 is 2.29 bits per heavy atom. The fraction of sp³-hybridized carbons (Fsp3) is 0.182. The van der Waals surface area contributed by atoms with Crippen molar-refractivity contribution >= 4 is 21.4 Å². The van der Waals surface area contributed by atoms with Gasteiger partial charge in [0.15, 0.2) is 0 Å². The van der Waals surface area contributed by atoms with Crippen LogP contribution in [0.15, 0.2) is 29.4 Å². The molecule has 2 aromatic rings.